The highest BCUT2D eigenvalue weighted by Gasteiger charge is 2.35. The number of amides is 1. The standard InChI is InChI=1S/C12H12Cl2F2N2O/c13-9-2-1-8(10(14)18-9)11(19)17-7-3-5-12(15,16)6-4-7/h1-2,7H,3-6H2,(H,17,19). The Hall–Kier alpha value is -0.940. The van der Waals surface area contributed by atoms with Gasteiger partial charge in [0.15, 0.2) is 0 Å². The Labute approximate surface area is 119 Å². The Bertz CT molecular complexity index is 487. The fourth-order valence-corrected chi connectivity index (χ4v) is 2.46. The Morgan fingerprint density at radius 1 is 1.32 bits per heavy atom. The zero-order chi connectivity index (χ0) is 14.0. The largest absolute Gasteiger partial charge is 0.349 e. The lowest BCUT2D eigenvalue weighted by atomic mass is 9.92. The Balaban J connectivity index is 1.98. The summed E-state index contributed by atoms with van der Waals surface area (Å²) in [5.74, 6) is -3.02. The minimum Gasteiger partial charge on any atom is -0.349 e. The van der Waals surface area contributed by atoms with Gasteiger partial charge < -0.3 is 5.32 Å². The molecule has 1 saturated carbocycles. The average Bonchev–Trinajstić information content (AvgIpc) is 2.31. The van der Waals surface area contributed by atoms with E-state index >= 15 is 0 Å². The first-order valence-electron chi connectivity index (χ1n) is 5.88. The first-order valence-corrected chi connectivity index (χ1v) is 6.64. The molecule has 0 saturated heterocycles. The third kappa shape index (κ3) is 3.76. The van der Waals surface area contributed by atoms with E-state index in [0.717, 1.165) is 0 Å². The SMILES string of the molecule is O=C(NC1CCC(F)(F)CC1)c1ccc(Cl)nc1Cl. The molecule has 19 heavy (non-hydrogen) atoms. The smallest absolute Gasteiger partial charge is 0.254 e. The van der Waals surface area contributed by atoms with E-state index in [4.69, 9.17) is 23.2 Å². The van der Waals surface area contributed by atoms with Crippen molar-refractivity contribution < 1.29 is 13.6 Å². The van der Waals surface area contributed by atoms with Crippen molar-refractivity contribution in [1.82, 2.24) is 10.3 Å². The molecular weight excluding hydrogens is 297 g/mol. The number of hydrogen-bond donors (Lipinski definition) is 1. The van der Waals surface area contributed by atoms with Crippen LogP contribution in [0.15, 0.2) is 12.1 Å². The zero-order valence-electron chi connectivity index (χ0n) is 9.93. The summed E-state index contributed by atoms with van der Waals surface area (Å²) in [6, 6.07) is 2.67. The molecule has 0 spiro atoms. The van der Waals surface area contributed by atoms with Gasteiger partial charge in [-0.1, -0.05) is 23.2 Å². The zero-order valence-corrected chi connectivity index (χ0v) is 11.4. The van der Waals surface area contributed by atoms with Crippen LogP contribution in [0.4, 0.5) is 8.78 Å². The number of aromatic nitrogens is 1. The lowest BCUT2D eigenvalue weighted by Gasteiger charge is -2.28. The number of hydrogen-bond acceptors (Lipinski definition) is 2. The van der Waals surface area contributed by atoms with E-state index in [1.165, 1.54) is 12.1 Å². The van der Waals surface area contributed by atoms with Crippen molar-refractivity contribution in [2.24, 2.45) is 0 Å². The van der Waals surface area contributed by atoms with Crippen molar-refractivity contribution in [3.05, 3.63) is 28.0 Å². The summed E-state index contributed by atoms with van der Waals surface area (Å²) >= 11 is 11.4. The molecule has 0 radical (unpaired) electrons. The molecule has 1 fully saturated rings. The van der Waals surface area contributed by atoms with E-state index < -0.39 is 11.8 Å². The molecule has 1 aromatic rings. The number of pyridine rings is 1. The van der Waals surface area contributed by atoms with Crippen molar-refractivity contribution in [2.45, 2.75) is 37.6 Å². The Kier molecular flexibility index (Phi) is 4.26. The molecule has 0 unspecified atom stereocenters. The van der Waals surface area contributed by atoms with Gasteiger partial charge in [0, 0.05) is 18.9 Å². The molecule has 0 aliphatic heterocycles. The van der Waals surface area contributed by atoms with Gasteiger partial charge in [0.1, 0.15) is 10.3 Å². The number of carbonyl (C=O) groups is 1. The first kappa shape index (κ1) is 14.5. The Morgan fingerprint density at radius 2 is 1.95 bits per heavy atom. The minimum absolute atomic E-state index is 0.00568. The lowest BCUT2D eigenvalue weighted by Crippen LogP contribution is -2.40. The molecule has 0 bridgehead atoms. The van der Waals surface area contributed by atoms with Crippen molar-refractivity contribution in [1.29, 1.82) is 0 Å². The summed E-state index contributed by atoms with van der Waals surface area (Å²) in [5, 5.41) is 2.89. The van der Waals surface area contributed by atoms with Gasteiger partial charge in [-0.25, -0.2) is 13.8 Å². The summed E-state index contributed by atoms with van der Waals surface area (Å²) in [5.41, 5.74) is 0.198. The minimum atomic E-state index is -2.61. The molecule has 1 heterocycles. The van der Waals surface area contributed by atoms with Crippen LogP contribution in [0.2, 0.25) is 10.3 Å². The summed E-state index contributed by atoms with van der Waals surface area (Å²) in [4.78, 5) is 15.7. The molecular formula is C12H12Cl2F2N2O. The van der Waals surface area contributed by atoms with E-state index in [-0.39, 0.29) is 47.6 Å². The van der Waals surface area contributed by atoms with Gasteiger partial charge in [-0.2, -0.15) is 0 Å². The lowest BCUT2D eigenvalue weighted by molar-refractivity contribution is -0.0399. The maximum absolute atomic E-state index is 13.0. The van der Waals surface area contributed by atoms with Crippen LogP contribution in [0.1, 0.15) is 36.0 Å². The maximum Gasteiger partial charge on any atom is 0.254 e. The van der Waals surface area contributed by atoms with Crippen molar-refractivity contribution in [3.8, 4) is 0 Å². The second-order valence-electron chi connectivity index (χ2n) is 4.58. The fraction of sp³-hybridized carbons (Fsp3) is 0.500. The molecule has 0 aromatic carbocycles. The van der Waals surface area contributed by atoms with E-state index in [2.05, 4.69) is 10.3 Å². The predicted octanol–water partition coefficient (Wildman–Crippen LogP) is 3.70. The molecule has 2 rings (SSSR count). The summed E-state index contributed by atoms with van der Waals surface area (Å²) < 4.78 is 26.0. The summed E-state index contributed by atoms with van der Waals surface area (Å²) in [6.45, 7) is 0. The van der Waals surface area contributed by atoms with Crippen LogP contribution in [-0.2, 0) is 0 Å². The number of halogens is 4. The molecule has 3 nitrogen and oxygen atoms in total. The van der Waals surface area contributed by atoms with Crippen molar-refractivity contribution in [2.75, 3.05) is 0 Å². The number of nitrogens with zero attached hydrogens (tertiary/aromatic N) is 1. The molecule has 1 aromatic heterocycles. The van der Waals surface area contributed by atoms with E-state index in [1.807, 2.05) is 0 Å². The third-order valence-electron chi connectivity index (χ3n) is 3.11. The van der Waals surface area contributed by atoms with Crippen LogP contribution >= 0.6 is 23.2 Å². The maximum atomic E-state index is 13.0. The summed E-state index contributed by atoms with van der Waals surface area (Å²) in [7, 11) is 0. The van der Waals surface area contributed by atoms with Gasteiger partial charge in [0.2, 0.25) is 5.92 Å². The van der Waals surface area contributed by atoms with E-state index in [9.17, 15) is 13.6 Å². The van der Waals surface area contributed by atoms with Crippen LogP contribution in [0.3, 0.4) is 0 Å². The summed E-state index contributed by atoms with van der Waals surface area (Å²) in [6.07, 6.45) is 0.115. The van der Waals surface area contributed by atoms with Gasteiger partial charge in [-0.15, -0.1) is 0 Å². The van der Waals surface area contributed by atoms with Crippen LogP contribution < -0.4 is 5.32 Å². The topological polar surface area (TPSA) is 42.0 Å². The molecule has 0 atom stereocenters. The normalized spacial score (nSPS) is 19.2. The monoisotopic (exact) mass is 308 g/mol. The van der Waals surface area contributed by atoms with Crippen molar-refractivity contribution >= 4 is 29.1 Å². The number of nitrogens with one attached hydrogen (secondary N) is 1. The van der Waals surface area contributed by atoms with Gasteiger partial charge >= 0.3 is 0 Å². The molecule has 1 aliphatic carbocycles. The van der Waals surface area contributed by atoms with Crippen LogP contribution in [-0.4, -0.2) is 22.9 Å². The molecule has 1 amide bonds. The Morgan fingerprint density at radius 3 is 2.53 bits per heavy atom. The second-order valence-corrected chi connectivity index (χ2v) is 5.32. The first-order chi connectivity index (χ1) is 8.87. The number of carbonyl (C=O) groups excluding carboxylic acids is 1. The highest BCUT2D eigenvalue weighted by molar-refractivity contribution is 6.34. The molecule has 7 heteroatoms. The predicted molar refractivity (Wildman–Crippen MR) is 68.9 cm³/mol. The highest BCUT2D eigenvalue weighted by atomic mass is 35.5. The number of alkyl halides is 2. The third-order valence-corrected chi connectivity index (χ3v) is 3.61. The fourth-order valence-electron chi connectivity index (χ4n) is 2.03. The number of rotatable bonds is 2. The van der Waals surface area contributed by atoms with Crippen LogP contribution in [0, 0.1) is 0 Å². The second kappa shape index (κ2) is 5.59. The van der Waals surface area contributed by atoms with Crippen molar-refractivity contribution in [3.63, 3.8) is 0 Å². The highest BCUT2D eigenvalue weighted by Crippen LogP contribution is 2.33. The van der Waals surface area contributed by atoms with Gasteiger partial charge in [0.25, 0.3) is 5.91 Å². The molecule has 104 valence electrons. The molecule has 1 aliphatic rings. The van der Waals surface area contributed by atoms with Gasteiger partial charge in [-0.05, 0) is 25.0 Å². The quantitative estimate of drug-likeness (QED) is 0.847. The van der Waals surface area contributed by atoms with E-state index in [1.54, 1.807) is 0 Å². The average molecular weight is 309 g/mol. The van der Waals surface area contributed by atoms with E-state index in [0.29, 0.717) is 0 Å². The van der Waals surface area contributed by atoms with Crippen LogP contribution in [0.25, 0.3) is 0 Å². The van der Waals surface area contributed by atoms with Gasteiger partial charge in [0.05, 0.1) is 5.56 Å². The van der Waals surface area contributed by atoms with Crippen LogP contribution in [0.5, 0.6) is 0 Å². The van der Waals surface area contributed by atoms with Gasteiger partial charge in [-0.3, -0.25) is 4.79 Å². The molecule has 1 N–H and O–H groups in total.